The van der Waals surface area contributed by atoms with E-state index in [9.17, 15) is 14.9 Å². The van der Waals surface area contributed by atoms with E-state index in [0.717, 1.165) is 5.56 Å². The first-order valence-electron chi connectivity index (χ1n) is 8.59. The number of benzene rings is 2. The van der Waals surface area contributed by atoms with Gasteiger partial charge in [-0.15, -0.1) is 0 Å². The van der Waals surface area contributed by atoms with E-state index in [1.807, 2.05) is 0 Å². The van der Waals surface area contributed by atoms with Crippen molar-refractivity contribution in [3.63, 3.8) is 0 Å². The molecule has 0 radical (unpaired) electrons. The molecule has 29 heavy (non-hydrogen) atoms. The lowest BCUT2D eigenvalue weighted by molar-refractivity contribution is -0.384. The van der Waals surface area contributed by atoms with Crippen LogP contribution in [0.25, 0.3) is 34.1 Å². The average Bonchev–Trinajstić information content (AvgIpc) is 3.28. The van der Waals surface area contributed by atoms with Gasteiger partial charge in [0.05, 0.1) is 16.9 Å². The standard InChI is InChI=1S/C21H14N4O4/c22-20(26)14-5-3-13(4-6-14)17-12-18(19-2-1-11-29-19)24-21(23-17)15-7-9-16(10-8-15)25(27)28/h1-12H,(H2,22,26). The van der Waals surface area contributed by atoms with Crippen molar-refractivity contribution in [2.45, 2.75) is 0 Å². The average molecular weight is 386 g/mol. The number of rotatable bonds is 5. The maximum atomic E-state index is 11.3. The molecule has 142 valence electrons. The Morgan fingerprint density at radius 3 is 2.17 bits per heavy atom. The van der Waals surface area contributed by atoms with Crippen molar-refractivity contribution in [2.24, 2.45) is 5.73 Å². The maximum absolute atomic E-state index is 11.3. The minimum atomic E-state index is -0.512. The summed E-state index contributed by atoms with van der Waals surface area (Å²) >= 11 is 0. The van der Waals surface area contributed by atoms with E-state index in [1.165, 1.54) is 12.1 Å². The fraction of sp³-hybridized carbons (Fsp3) is 0. The molecular formula is C21H14N4O4. The van der Waals surface area contributed by atoms with E-state index in [0.29, 0.717) is 34.1 Å². The molecule has 0 spiro atoms. The molecule has 0 fully saturated rings. The second kappa shape index (κ2) is 7.35. The van der Waals surface area contributed by atoms with Gasteiger partial charge < -0.3 is 10.2 Å². The molecule has 2 heterocycles. The Balaban J connectivity index is 1.83. The molecule has 2 N–H and O–H groups in total. The highest BCUT2D eigenvalue weighted by atomic mass is 16.6. The van der Waals surface area contributed by atoms with Gasteiger partial charge >= 0.3 is 0 Å². The molecule has 8 nitrogen and oxygen atoms in total. The van der Waals surface area contributed by atoms with Gasteiger partial charge in [-0.2, -0.15) is 0 Å². The quantitative estimate of drug-likeness (QED) is 0.407. The summed E-state index contributed by atoms with van der Waals surface area (Å²) in [6.07, 6.45) is 1.55. The van der Waals surface area contributed by atoms with Crippen molar-refractivity contribution in [2.75, 3.05) is 0 Å². The molecule has 0 aliphatic rings. The van der Waals surface area contributed by atoms with Crippen LogP contribution in [0.15, 0.2) is 77.4 Å². The zero-order chi connectivity index (χ0) is 20.4. The van der Waals surface area contributed by atoms with Gasteiger partial charge in [0, 0.05) is 28.8 Å². The van der Waals surface area contributed by atoms with Gasteiger partial charge in [0.2, 0.25) is 5.91 Å². The summed E-state index contributed by atoms with van der Waals surface area (Å²) in [5.41, 5.74) is 8.23. The van der Waals surface area contributed by atoms with Crippen LogP contribution in [0.5, 0.6) is 0 Å². The summed E-state index contributed by atoms with van der Waals surface area (Å²) in [6, 6.07) is 18.0. The highest BCUT2D eigenvalue weighted by molar-refractivity contribution is 5.93. The fourth-order valence-corrected chi connectivity index (χ4v) is 2.81. The smallest absolute Gasteiger partial charge is 0.269 e. The van der Waals surface area contributed by atoms with Crippen molar-refractivity contribution >= 4 is 11.6 Å². The van der Waals surface area contributed by atoms with Crippen molar-refractivity contribution < 1.29 is 14.1 Å². The Hall–Kier alpha value is -4.33. The highest BCUT2D eigenvalue weighted by Crippen LogP contribution is 2.28. The number of furan rings is 1. The molecule has 2 aromatic carbocycles. The van der Waals surface area contributed by atoms with E-state index >= 15 is 0 Å². The van der Waals surface area contributed by atoms with Crippen LogP contribution in [-0.2, 0) is 0 Å². The van der Waals surface area contributed by atoms with Crippen molar-refractivity contribution in [3.05, 3.63) is 88.7 Å². The van der Waals surface area contributed by atoms with Crippen LogP contribution in [0.1, 0.15) is 10.4 Å². The van der Waals surface area contributed by atoms with Gasteiger partial charge in [-0.3, -0.25) is 14.9 Å². The molecule has 0 bridgehead atoms. The molecular weight excluding hydrogens is 372 g/mol. The molecule has 0 saturated heterocycles. The molecule has 0 atom stereocenters. The molecule has 4 aromatic rings. The Labute approximate surface area is 164 Å². The van der Waals surface area contributed by atoms with Gasteiger partial charge in [-0.1, -0.05) is 12.1 Å². The Morgan fingerprint density at radius 2 is 1.59 bits per heavy atom. The second-order valence-electron chi connectivity index (χ2n) is 6.18. The first-order chi connectivity index (χ1) is 14.0. The zero-order valence-corrected chi connectivity index (χ0v) is 15.0. The molecule has 0 aliphatic carbocycles. The fourth-order valence-electron chi connectivity index (χ4n) is 2.81. The summed E-state index contributed by atoms with van der Waals surface area (Å²) in [5, 5.41) is 10.9. The summed E-state index contributed by atoms with van der Waals surface area (Å²) in [4.78, 5) is 30.9. The summed E-state index contributed by atoms with van der Waals surface area (Å²) in [5.74, 6) is 0.440. The first kappa shape index (κ1) is 18.1. The number of carbonyl (C=O) groups excluding carboxylic acids is 1. The topological polar surface area (TPSA) is 125 Å². The molecule has 0 aliphatic heterocycles. The van der Waals surface area contributed by atoms with Crippen LogP contribution in [-0.4, -0.2) is 20.8 Å². The Morgan fingerprint density at radius 1 is 0.931 bits per heavy atom. The molecule has 0 unspecified atom stereocenters. The molecule has 8 heteroatoms. The highest BCUT2D eigenvalue weighted by Gasteiger charge is 2.13. The number of nitro groups is 1. The van der Waals surface area contributed by atoms with Crippen molar-refractivity contribution in [1.82, 2.24) is 9.97 Å². The van der Waals surface area contributed by atoms with E-state index in [1.54, 1.807) is 60.9 Å². The number of nitrogens with two attached hydrogens (primary N) is 1. The zero-order valence-electron chi connectivity index (χ0n) is 15.0. The summed E-state index contributed by atoms with van der Waals surface area (Å²) < 4.78 is 5.46. The van der Waals surface area contributed by atoms with Crippen molar-refractivity contribution in [3.8, 4) is 34.1 Å². The van der Waals surface area contributed by atoms with Gasteiger partial charge in [0.1, 0.15) is 5.69 Å². The van der Waals surface area contributed by atoms with Crippen LogP contribution in [0, 0.1) is 10.1 Å². The minimum absolute atomic E-state index is 0.0156. The number of hydrogen-bond acceptors (Lipinski definition) is 6. The third-order valence-corrected chi connectivity index (χ3v) is 4.30. The predicted octanol–water partition coefficient (Wildman–Crippen LogP) is 4.08. The molecule has 0 saturated carbocycles. The molecule has 2 aromatic heterocycles. The monoisotopic (exact) mass is 386 g/mol. The third kappa shape index (κ3) is 3.72. The number of aromatic nitrogens is 2. The van der Waals surface area contributed by atoms with Crippen LogP contribution in [0.4, 0.5) is 5.69 Å². The van der Waals surface area contributed by atoms with Crippen LogP contribution >= 0.6 is 0 Å². The van der Waals surface area contributed by atoms with E-state index in [-0.39, 0.29) is 5.69 Å². The van der Waals surface area contributed by atoms with E-state index in [2.05, 4.69) is 9.97 Å². The number of nitrogens with zero attached hydrogens (tertiary/aromatic N) is 3. The normalized spacial score (nSPS) is 10.6. The van der Waals surface area contributed by atoms with Crippen LogP contribution < -0.4 is 5.73 Å². The van der Waals surface area contributed by atoms with Gasteiger partial charge in [0.15, 0.2) is 11.6 Å². The number of hydrogen-bond donors (Lipinski definition) is 1. The minimum Gasteiger partial charge on any atom is -0.463 e. The van der Waals surface area contributed by atoms with Gasteiger partial charge in [-0.25, -0.2) is 9.97 Å². The van der Waals surface area contributed by atoms with Gasteiger partial charge in [-0.05, 0) is 42.5 Å². The second-order valence-corrected chi connectivity index (χ2v) is 6.18. The number of nitro benzene ring substituents is 1. The molecule has 4 rings (SSSR count). The van der Waals surface area contributed by atoms with E-state index in [4.69, 9.17) is 10.2 Å². The number of non-ortho nitro benzene ring substituents is 1. The SMILES string of the molecule is NC(=O)c1ccc(-c2cc(-c3ccco3)nc(-c3ccc([N+](=O)[O-])cc3)n2)cc1. The molecule has 1 amide bonds. The summed E-state index contributed by atoms with van der Waals surface area (Å²) in [7, 11) is 0. The maximum Gasteiger partial charge on any atom is 0.269 e. The van der Waals surface area contributed by atoms with Crippen LogP contribution in [0.3, 0.4) is 0 Å². The number of amides is 1. The predicted molar refractivity (Wildman–Crippen MR) is 106 cm³/mol. The number of carbonyl (C=O) groups is 1. The van der Waals surface area contributed by atoms with E-state index < -0.39 is 10.8 Å². The van der Waals surface area contributed by atoms with Crippen molar-refractivity contribution in [1.29, 1.82) is 0 Å². The van der Waals surface area contributed by atoms with Gasteiger partial charge in [0.25, 0.3) is 5.69 Å². The van der Waals surface area contributed by atoms with Crippen LogP contribution in [0.2, 0.25) is 0 Å². The number of primary amides is 1. The summed E-state index contributed by atoms with van der Waals surface area (Å²) in [6.45, 7) is 0. The lowest BCUT2D eigenvalue weighted by Crippen LogP contribution is -2.10. The lowest BCUT2D eigenvalue weighted by Gasteiger charge is -2.08. The Kier molecular flexibility index (Phi) is 4.58. The lowest BCUT2D eigenvalue weighted by atomic mass is 10.1. The third-order valence-electron chi connectivity index (χ3n) is 4.30. The largest absolute Gasteiger partial charge is 0.463 e. The first-order valence-corrected chi connectivity index (χ1v) is 8.59. The Bertz CT molecular complexity index is 1110.